The van der Waals surface area contributed by atoms with Crippen LogP contribution in [0.2, 0.25) is 0 Å². The highest BCUT2D eigenvalue weighted by Crippen LogP contribution is 2.35. The van der Waals surface area contributed by atoms with Gasteiger partial charge in [0.05, 0.1) is 0 Å². The third-order valence-corrected chi connectivity index (χ3v) is 2.14. The number of hydrogen-bond donors (Lipinski definition) is 1. The molecule has 0 bridgehead atoms. The van der Waals surface area contributed by atoms with E-state index >= 15 is 0 Å². The Morgan fingerprint density at radius 2 is 1.83 bits per heavy atom. The fraction of sp³-hybridized carbons (Fsp3) is 0.857. The number of carbonyl (C=O) groups is 1. The summed E-state index contributed by atoms with van der Waals surface area (Å²) in [6, 6.07) is 0. The molecule has 0 aromatic heterocycles. The standard InChI is InChI=1S/C7H11F2NO2/c8-7(10(9)6(11)12)4-2-1-3-5-7/h1-5H2,(H,11,12). The second-order valence-corrected chi connectivity index (χ2v) is 3.04. The lowest BCUT2D eigenvalue weighted by Gasteiger charge is -2.31. The molecule has 1 amide bonds. The molecule has 1 fully saturated rings. The van der Waals surface area contributed by atoms with Crippen LogP contribution in [0.4, 0.5) is 13.7 Å². The van der Waals surface area contributed by atoms with Gasteiger partial charge in [0.1, 0.15) is 0 Å². The quantitative estimate of drug-likeness (QED) is 0.496. The highest BCUT2D eigenvalue weighted by Gasteiger charge is 2.42. The first-order valence-corrected chi connectivity index (χ1v) is 3.94. The SMILES string of the molecule is O=C(O)N(F)C1(F)CCCCC1. The van der Waals surface area contributed by atoms with Gasteiger partial charge in [-0.3, -0.25) is 0 Å². The molecule has 0 aliphatic heterocycles. The van der Waals surface area contributed by atoms with Gasteiger partial charge in [0.2, 0.25) is 5.79 Å². The van der Waals surface area contributed by atoms with Gasteiger partial charge in [0.25, 0.3) is 0 Å². The minimum absolute atomic E-state index is 0.0319. The van der Waals surface area contributed by atoms with E-state index in [0.29, 0.717) is 12.8 Å². The van der Waals surface area contributed by atoms with Crippen molar-refractivity contribution in [2.24, 2.45) is 0 Å². The van der Waals surface area contributed by atoms with Gasteiger partial charge in [0, 0.05) is 12.8 Å². The Morgan fingerprint density at radius 1 is 1.33 bits per heavy atom. The number of alkyl halides is 1. The zero-order valence-corrected chi connectivity index (χ0v) is 6.59. The molecule has 0 saturated heterocycles. The fourth-order valence-corrected chi connectivity index (χ4v) is 1.46. The Bertz CT molecular complexity index is 180. The van der Waals surface area contributed by atoms with Crippen LogP contribution in [-0.4, -0.2) is 22.1 Å². The summed E-state index contributed by atoms with van der Waals surface area (Å²) < 4.78 is 26.0. The number of rotatable bonds is 1. The van der Waals surface area contributed by atoms with Gasteiger partial charge in [-0.05, 0) is 12.8 Å². The van der Waals surface area contributed by atoms with Crippen molar-refractivity contribution in [3.05, 3.63) is 0 Å². The van der Waals surface area contributed by atoms with Crippen LogP contribution in [-0.2, 0) is 0 Å². The summed E-state index contributed by atoms with van der Waals surface area (Å²) in [6.07, 6.45) is 0.0264. The fourth-order valence-electron chi connectivity index (χ4n) is 1.46. The van der Waals surface area contributed by atoms with Gasteiger partial charge in [-0.15, -0.1) is 5.12 Å². The number of carboxylic acid groups (broad SMARTS) is 1. The van der Waals surface area contributed by atoms with Crippen LogP contribution in [0.1, 0.15) is 32.1 Å². The zero-order valence-electron chi connectivity index (χ0n) is 6.59. The summed E-state index contributed by atoms with van der Waals surface area (Å²) >= 11 is 0. The Kier molecular flexibility index (Phi) is 2.49. The molecule has 1 N–H and O–H groups in total. The van der Waals surface area contributed by atoms with Crippen molar-refractivity contribution in [1.29, 1.82) is 0 Å². The van der Waals surface area contributed by atoms with E-state index < -0.39 is 17.0 Å². The van der Waals surface area contributed by atoms with Crippen molar-refractivity contribution in [2.75, 3.05) is 0 Å². The van der Waals surface area contributed by atoms with E-state index in [1.165, 1.54) is 0 Å². The van der Waals surface area contributed by atoms with Gasteiger partial charge in [-0.25, -0.2) is 9.18 Å². The molecule has 0 atom stereocenters. The van der Waals surface area contributed by atoms with Crippen LogP contribution in [0.25, 0.3) is 0 Å². The lowest BCUT2D eigenvalue weighted by molar-refractivity contribution is -0.146. The zero-order chi connectivity index (χ0) is 9.19. The third kappa shape index (κ3) is 1.65. The molecule has 1 aliphatic carbocycles. The van der Waals surface area contributed by atoms with E-state index in [1.54, 1.807) is 0 Å². The number of halogens is 2. The molecule has 12 heavy (non-hydrogen) atoms. The van der Waals surface area contributed by atoms with Crippen molar-refractivity contribution in [3.8, 4) is 0 Å². The molecule has 1 aliphatic rings. The summed E-state index contributed by atoms with van der Waals surface area (Å²) in [4.78, 5) is 10.1. The molecule has 0 aromatic carbocycles. The summed E-state index contributed by atoms with van der Waals surface area (Å²) in [6.45, 7) is 0. The van der Waals surface area contributed by atoms with Crippen molar-refractivity contribution < 1.29 is 18.8 Å². The smallest absolute Gasteiger partial charge is 0.438 e. The summed E-state index contributed by atoms with van der Waals surface area (Å²) in [5, 5.41) is 7.51. The van der Waals surface area contributed by atoms with Crippen molar-refractivity contribution >= 4 is 6.09 Å². The third-order valence-electron chi connectivity index (χ3n) is 2.14. The molecule has 1 rings (SSSR count). The molecule has 0 unspecified atom stereocenters. The molecule has 0 heterocycles. The first-order chi connectivity index (χ1) is 5.56. The molecule has 70 valence electrons. The van der Waals surface area contributed by atoms with Crippen molar-refractivity contribution in [1.82, 2.24) is 5.12 Å². The average molecular weight is 179 g/mol. The molecule has 0 spiro atoms. The monoisotopic (exact) mass is 179 g/mol. The van der Waals surface area contributed by atoms with E-state index in [0.717, 1.165) is 6.42 Å². The summed E-state index contributed by atoms with van der Waals surface area (Å²) in [5.74, 6) is -2.27. The molecule has 0 radical (unpaired) electrons. The molecule has 3 nitrogen and oxygen atoms in total. The second kappa shape index (κ2) is 3.25. The first-order valence-electron chi connectivity index (χ1n) is 3.94. The Balaban J connectivity index is 2.62. The van der Waals surface area contributed by atoms with E-state index in [-0.39, 0.29) is 12.8 Å². The van der Waals surface area contributed by atoms with E-state index in [9.17, 15) is 13.7 Å². The minimum atomic E-state index is -2.27. The number of amides is 1. The lowest BCUT2D eigenvalue weighted by atomic mass is 9.93. The number of hydrogen-bond acceptors (Lipinski definition) is 1. The van der Waals surface area contributed by atoms with Crippen molar-refractivity contribution in [3.63, 3.8) is 0 Å². The predicted molar refractivity (Wildman–Crippen MR) is 37.9 cm³/mol. The Morgan fingerprint density at radius 3 is 2.25 bits per heavy atom. The summed E-state index contributed by atoms with van der Waals surface area (Å²) in [7, 11) is 0. The van der Waals surface area contributed by atoms with Gasteiger partial charge < -0.3 is 5.11 Å². The number of nitrogens with zero attached hydrogens (tertiary/aromatic N) is 1. The highest BCUT2D eigenvalue weighted by atomic mass is 19.2. The maximum Gasteiger partial charge on any atom is 0.438 e. The second-order valence-electron chi connectivity index (χ2n) is 3.04. The van der Waals surface area contributed by atoms with Crippen LogP contribution >= 0.6 is 0 Å². The van der Waals surface area contributed by atoms with Gasteiger partial charge in [0.15, 0.2) is 0 Å². The highest BCUT2D eigenvalue weighted by molar-refractivity contribution is 5.64. The van der Waals surface area contributed by atoms with Crippen molar-refractivity contribution in [2.45, 2.75) is 37.9 Å². The molecular formula is C7H11F2NO2. The topological polar surface area (TPSA) is 40.5 Å². The van der Waals surface area contributed by atoms with Gasteiger partial charge in [-0.2, -0.15) is 0 Å². The lowest BCUT2D eigenvalue weighted by Crippen LogP contribution is -2.44. The summed E-state index contributed by atoms with van der Waals surface area (Å²) in [5.41, 5.74) is 0. The largest absolute Gasteiger partial charge is 0.463 e. The van der Waals surface area contributed by atoms with Crippen LogP contribution < -0.4 is 0 Å². The Labute approximate surface area is 68.9 Å². The van der Waals surface area contributed by atoms with E-state index in [1.807, 2.05) is 0 Å². The first kappa shape index (κ1) is 9.22. The predicted octanol–water partition coefficient (Wildman–Crippen LogP) is 2.48. The van der Waals surface area contributed by atoms with Crippen LogP contribution in [0.3, 0.4) is 0 Å². The van der Waals surface area contributed by atoms with E-state index in [2.05, 4.69) is 0 Å². The molecule has 0 aromatic rings. The average Bonchev–Trinajstić information content (AvgIpc) is 2.04. The normalized spacial score (nSPS) is 21.8. The minimum Gasteiger partial charge on any atom is -0.463 e. The molecule has 1 saturated carbocycles. The molecular weight excluding hydrogens is 168 g/mol. The van der Waals surface area contributed by atoms with E-state index in [4.69, 9.17) is 5.11 Å². The van der Waals surface area contributed by atoms with Gasteiger partial charge >= 0.3 is 6.09 Å². The van der Waals surface area contributed by atoms with Gasteiger partial charge in [-0.1, -0.05) is 10.9 Å². The van der Waals surface area contributed by atoms with Crippen LogP contribution in [0, 0.1) is 0 Å². The van der Waals surface area contributed by atoms with Crippen LogP contribution in [0.5, 0.6) is 0 Å². The molecule has 5 heteroatoms. The maximum atomic E-state index is 13.4. The van der Waals surface area contributed by atoms with Crippen LogP contribution in [0.15, 0.2) is 0 Å². The maximum absolute atomic E-state index is 13.4. The Hall–Kier alpha value is -0.870.